The van der Waals surface area contributed by atoms with E-state index in [1.807, 2.05) is 26.0 Å². The van der Waals surface area contributed by atoms with Gasteiger partial charge in [0.25, 0.3) is 0 Å². The van der Waals surface area contributed by atoms with Gasteiger partial charge < -0.3 is 5.32 Å². The molecule has 0 fully saturated rings. The van der Waals surface area contributed by atoms with Crippen LogP contribution in [0.3, 0.4) is 0 Å². The Morgan fingerprint density at radius 2 is 1.86 bits per heavy atom. The lowest BCUT2D eigenvalue weighted by molar-refractivity contribution is -0.116. The average Bonchev–Trinajstić information content (AvgIpc) is 2.45. The van der Waals surface area contributed by atoms with Gasteiger partial charge in [-0.2, -0.15) is 0 Å². The van der Waals surface area contributed by atoms with Crippen LogP contribution in [0.25, 0.3) is 0 Å². The second kappa shape index (κ2) is 4.95. The monoisotopic (exact) mass is 287 g/mol. The molecule has 2 aromatic carbocycles. The number of aryl methyl sites for hydroxylation is 1. The molecule has 1 atom stereocenters. The predicted molar refractivity (Wildman–Crippen MR) is 77.4 cm³/mol. The van der Waals surface area contributed by atoms with Gasteiger partial charge in [0.2, 0.25) is 5.91 Å². The van der Waals surface area contributed by atoms with E-state index in [4.69, 9.17) is 0 Å². The molecule has 2 nitrogen and oxygen atoms in total. The zero-order valence-electron chi connectivity index (χ0n) is 11.8. The van der Waals surface area contributed by atoms with Gasteiger partial charge in [-0.15, -0.1) is 0 Å². The minimum Gasteiger partial charge on any atom is -0.326 e. The molecule has 0 aliphatic carbocycles. The molecule has 4 heteroatoms. The molecule has 1 N–H and O–H groups in total. The van der Waals surface area contributed by atoms with E-state index in [0.717, 1.165) is 28.4 Å². The maximum absolute atomic E-state index is 13.5. The molecule has 1 aliphatic rings. The zero-order valence-corrected chi connectivity index (χ0v) is 11.8. The number of amides is 1. The number of anilines is 1. The molecule has 0 spiro atoms. The number of carbonyl (C=O) groups excluding carboxylic acids is 1. The Morgan fingerprint density at radius 1 is 1.10 bits per heavy atom. The number of hydrogen-bond donors (Lipinski definition) is 1. The normalized spacial score (nSPS) is 17.3. The number of fused-ring (bicyclic) bond motifs is 1. The minimum atomic E-state index is -0.885. The molecule has 0 saturated carbocycles. The summed E-state index contributed by atoms with van der Waals surface area (Å²) in [6.07, 6.45) is 0.237. The van der Waals surface area contributed by atoms with Crippen LogP contribution in [0.2, 0.25) is 0 Å². The van der Waals surface area contributed by atoms with E-state index in [-0.39, 0.29) is 18.2 Å². The average molecular weight is 287 g/mol. The van der Waals surface area contributed by atoms with Gasteiger partial charge in [0.05, 0.1) is 0 Å². The first-order chi connectivity index (χ1) is 9.97. The summed E-state index contributed by atoms with van der Waals surface area (Å²) in [7, 11) is 0. The van der Waals surface area contributed by atoms with Crippen LogP contribution in [0.4, 0.5) is 14.5 Å². The fourth-order valence-corrected chi connectivity index (χ4v) is 2.81. The summed E-state index contributed by atoms with van der Waals surface area (Å²) in [5.74, 6) is -2.11. The van der Waals surface area contributed by atoms with Crippen molar-refractivity contribution in [3.05, 3.63) is 64.2 Å². The summed E-state index contributed by atoms with van der Waals surface area (Å²) in [5.41, 5.74) is 4.45. The molecule has 1 amide bonds. The lowest BCUT2D eigenvalue weighted by atomic mass is 9.83. The van der Waals surface area contributed by atoms with Crippen LogP contribution in [0.5, 0.6) is 0 Å². The Balaban J connectivity index is 2.15. The predicted octanol–water partition coefficient (Wildman–Crippen LogP) is 4.06. The van der Waals surface area contributed by atoms with Crippen molar-refractivity contribution >= 4 is 11.6 Å². The summed E-state index contributed by atoms with van der Waals surface area (Å²) >= 11 is 0. The highest BCUT2D eigenvalue weighted by Gasteiger charge is 2.28. The Bertz CT molecular complexity index is 740. The van der Waals surface area contributed by atoms with Crippen LogP contribution in [-0.4, -0.2) is 5.91 Å². The van der Waals surface area contributed by atoms with Crippen molar-refractivity contribution in [3.63, 3.8) is 0 Å². The maximum Gasteiger partial charge on any atom is 0.225 e. The second-order valence-corrected chi connectivity index (χ2v) is 5.45. The lowest BCUT2D eigenvalue weighted by Gasteiger charge is -2.28. The van der Waals surface area contributed by atoms with Crippen LogP contribution in [-0.2, 0) is 4.79 Å². The van der Waals surface area contributed by atoms with Crippen LogP contribution >= 0.6 is 0 Å². The molecule has 1 heterocycles. The molecule has 2 aromatic rings. The Kier molecular flexibility index (Phi) is 3.24. The molecular formula is C17H15F2NO. The fraction of sp³-hybridized carbons (Fsp3) is 0.235. The van der Waals surface area contributed by atoms with E-state index in [9.17, 15) is 13.6 Å². The summed E-state index contributed by atoms with van der Waals surface area (Å²) in [5, 5.41) is 2.89. The van der Waals surface area contributed by atoms with Gasteiger partial charge >= 0.3 is 0 Å². The quantitative estimate of drug-likeness (QED) is 0.842. The smallest absolute Gasteiger partial charge is 0.225 e. The fourth-order valence-electron chi connectivity index (χ4n) is 2.81. The molecule has 0 bridgehead atoms. The van der Waals surface area contributed by atoms with Gasteiger partial charge in [-0.05, 0) is 48.2 Å². The maximum atomic E-state index is 13.5. The summed E-state index contributed by atoms with van der Waals surface area (Å²) in [6.45, 7) is 3.92. The Labute approximate surface area is 121 Å². The Hall–Kier alpha value is -2.23. The topological polar surface area (TPSA) is 29.1 Å². The van der Waals surface area contributed by atoms with E-state index in [1.54, 1.807) is 6.07 Å². The standard InChI is InChI=1S/C17H15F2NO/c1-9-3-5-12-13(8-16(21)20-17(12)10(9)2)11-4-6-14(18)15(19)7-11/h3-7,13H,8H2,1-2H3,(H,20,21)/t13-/m0/s1. The number of halogens is 2. The molecular weight excluding hydrogens is 272 g/mol. The third kappa shape index (κ3) is 2.31. The van der Waals surface area contributed by atoms with Gasteiger partial charge in [-0.1, -0.05) is 18.2 Å². The largest absolute Gasteiger partial charge is 0.326 e. The molecule has 0 unspecified atom stereocenters. The number of nitrogens with one attached hydrogen (secondary N) is 1. The minimum absolute atomic E-state index is 0.106. The first kappa shape index (κ1) is 13.7. The molecule has 3 rings (SSSR count). The van der Waals surface area contributed by atoms with E-state index >= 15 is 0 Å². The van der Waals surface area contributed by atoms with E-state index in [0.29, 0.717) is 5.56 Å². The van der Waals surface area contributed by atoms with Gasteiger partial charge in [0.15, 0.2) is 11.6 Å². The molecule has 108 valence electrons. The first-order valence-corrected chi connectivity index (χ1v) is 6.82. The van der Waals surface area contributed by atoms with Gasteiger partial charge in [-0.25, -0.2) is 8.78 Å². The highest BCUT2D eigenvalue weighted by Crippen LogP contribution is 2.39. The van der Waals surface area contributed by atoms with E-state index in [1.165, 1.54) is 6.07 Å². The summed E-state index contributed by atoms with van der Waals surface area (Å²) in [6, 6.07) is 7.76. The van der Waals surface area contributed by atoms with Gasteiger partial charge in [0.1, 0.15) is 0 Å². The number of hydrogen-bond acceptors (Lipinski definition) is 1. The zero-order chi connectivity index (χ0) is 15.1. The van der Waals surface area contributed by atoms with Gasteiger partial charge in [0, 0.05) is 18.0 Å². The van der Waals surface area contributed by atoms with Crippen molar-refractivity contribution in [1.82, 2.24) is 0 Å². The molecule has 0 saturated heterocycles. The highest BCUT2D eigenvalue weighted by atomic mass is 19.2. The lowest BCUT2D eigenvalue weighted by Crippen LogP contribution is -2.24. The molecule has 0 aromatic heterocycles. The second-order valence-electron chi connectivity index (χ2n) is 5.45. The van der Waals surface area contributed by atoms with Crippen LogP contribution in [0.15, 0.2) is 30.3 Å². The molecule has 21 heavy (non-hydrogen) atoms. The van der Waals surface area contributed by atoms with Crippen molar-refractivity contribution in [2.75, 3.05) is 5.32 Å². The van der Waals surface area contributed by atoms with Crippen molar-refractivity contribution in [1.29, 1.82) is 0 Å². The SMILES string of the molecule is Cc1ccc2c(c1C)NC(=O)C[C@H]2c1ccc(F)c(F)c1. The van der Waals surface area contributed by atoms with Crippen LogP contribution in [0.1, 0.15) is 34.6 Å². The molecule has 1 aliphatic heterocycles. The van der Waals surface area contributed by atoms with Crippen LogP contribution in [0, 0.1) is 25.5 Å². The Morgan fingerprint density at radius 3 is 2.57 bits per heavy atom. The van der Waals surface area contributed by atoms with Crippen molar-refractivity contribution in [2.45, 2.75) is 26.2 Å². The molecule has 0 radical (unpaired) electrons. The van der Waals surface area contributed by atoms with Crippen LogP contribution < -0.4 is 5.32 Å². The number of rotatable bonds is 1. The highest BCUT2D eigenvalue weighted by molar-refractivity contribution is 5.96. The van der Waals surface area contributed by atoms with E-state index < -0.39 is 11.6 Å². The van der Waals surface area contributed by atoms with E-state index in [2.05, 4.69) is 5.32 Å². The number of carbonyl (C=O) groups is 1. The summed E-state index contributed by atoms with van der Waals surface area (Å²) < 4.78 is 26.6. The van der Waals surface area contributed by atoms with Crippen molar-refractivity contribution < 1.29 is 13.6 Å². The third-order valence-electron chi connectivity index (χ3n) is 4.14. The number of benzene rings is 2. The van der Waals surface area contributed by atoms with Gasteiger partial charge in [-0.3, -0.25) is 4.79 Å². The third-order valence-corrected chi connectivity index (χ3v) is 4.14. The van der Waals surface area contributed by atoms with Crippen molar-refractivity contribution in [2.24, 2.45) is 0 Å². The van der Waals surface area contributed by atoms with Crippen molar-refractivity contribution in [3.8, 4) is 0 Å². The first-order valence-electron chi connectivity index (χ1n) is 6.82. The summed E-state index contributed by atoms with van der Waals surface area (Å²) in [4.78, 5) is 11.9.